The van der Waals surface area contributed by atoms with Crippen molar-refractivity contribution in [1.82, 2.24) is 15.1 Å². The van der Waals surface area contributed by atoms with Crippen LogP contribution in [0.2, 0.25) is 0 Å². The largest absolute Gasteiger partial charge is 0.358 e. The van der Waals surface area contributed by atoms with Crippen LogP contribution in [-0.4, -0.2) is 61.4 Å². The Labute approximate surface area is 108 Å². The van der Waals surface area contributed by atoms with Gasteiger partial charge in [0.1, 0.15) is 6.04 Å². The Morgan fingerprint density at radius 2 is 1.83 bits per heavy atom. The van der Waals surface area contributed by atoms with E-state index >= 15 is 0 Å². The average molecular weight is 253 g/mol. The molecule has 1 aliphatic carbocycles. The number of amides is 2. The minimum Gasteiger partial charge on any atom is -0.358 e. The Morgan fingerprint density at radius 1 is 1.17 bits per heavy atom. The topological polar surface area (TPSA) is 52.7 Å². The predicted octanol–water partition coefficient (Wildman–Crippen LogP) is 0.0652. The second-order valence-electron chi connectivity index (χ2n) is 5.38. The standard InChI is InChI=1S/C13H23N3O2/c1-14-12(17)11-9-16(8-7-15(11)2)13(18)10-5-3-4-6-10/h10-11H,3-9H2,1-2H3,(H,14,17)/t11-/m0/s1. The van der Waals surface area contributed by atoms with Gasteiger partial charge in [-0.25, -0.2) is 0 Å². The molecule has 0 aromatic rings. The molecule has 1 aliphatic heterocycles. The van der Waals surface area contributed by atoms with Gasteiger partial charge in [0.05, 0.1) is 0 Å². The van der Waals surface area contributed by atoms with Gasteiger partial charge in [0, 0.05) is 32.6 Å². The second-order valence-corrected chi connectivity index (χ2v) is 5.38. The molecule has 2 fully saturated rings. The normalized spacial score (nSPS) is 26.3. The van der Waals surface area contributed by atoms with Crippen molar-refractivity contribution in [1.29, 1.82) is 0 Å². The van der Waals surface area contributed by atoms with Crippen LogP contribution in [0.5, 0.6) is 0 Å². The molecule has 1 heterocycles. The highest BCUT2D eigenvalue weighted by Crippen LogP contribution is 2.27. The number of rotatable bonds is 2. The van der Waals surface area contributed by atoms with Crippen molar-refractivity contribution in [2.24, 2.45) is 5.92 Å². The maximum absolute atomic E-state index is 12.3. The van der Waals surface area contributed by atoms with E-state index in [2.05, 4.69) is 5.32 Å². The summed E-state index contributed by atoms with van der Waals surface area (Å²) in [4.78, 5) is 28.0. The van der Waals surface area contributed by atoms with E-state index in [1.54, 1.807) is 7.05 Å². The lowest BCUT2D eigenvalue weighted by Gasteiger charge is -2.39. The van der Waals surface area contributed by atoms with E-state index in [1.807, 2.05) is 16.8 Å². The van der Waals surface area contributed by atoms with Crippen LogP contribution in [0.25, 0.3) is 0 Å². The number of nitrogens with zero attached hydrogens (tertiary/aromatic N) is 2. The summed E-state index contributed by atoms with van der Waals surface area (Å²) in [7, 11) is 3.59. The third-order valence-electron chi connectivity index (χ3n) is 4.21. The Balaban J connectivity index is 1.97. The first-order valence-electron chi connectivity index (χ1n) is 6.84. The number of hydrogen-bond acceptors (Lipinski definition) is 3. The molecular formula is C13H23N3O2. The summed E-state index contributed by atoms with van der Waals surface area (Å²) < 4.78 is 0. The van der Waals surface area contributed by atoms with Crippen molar-refractivity contribution in [3.63, 3.8) is 0 Å². The fraction of sp³-hybridized carbons (Fsp3) is 0.846. The summed E-state index contributed by atoms with van der Waals surface area (Å²) in [6.07, 6.45) is 4.39. The molecule has 1 saturated carbocycles. The number of likely N-dealkylation sites (N-methyl/N-ethyl adjacent to an activating group) is 2. The zero-order valence-corrected chi connectivity index (χ0v) is 11.3. The minimum atomic E-state index is -0.200. The Morgan fingerprint density at radius 3 is 2.44 bits per heavy atom. The fourth-order valence-corrected chi connectivity index (χ4v) is 2.95. The van der Waals surface area contributed by atoms with Crippen LogP contribution in [0.4, 0.5) is 0 Å². The monoisotopic (exact) mass is 253 g/mol. The Hall–Kier alpha value is -1.10. The summed E-state index contributed by atoms with van der Waals surface area (Å²) in [5.74, 6) is 0.467. The van der Waals surface area contributed by atoms with Crippen molar-refractivity contribution in [2.45, 2.75) is 31.7 Å². The van der Waals surface area contributed by atoms with E-state index in [4.69, 9.17) is 0 Å². The molecule has 0 aromatic heterocycles. The lowest BCUT2D eigenvalue weighted by atomic mass is 10.0. The minimum absolute atomic E-state index is 0.00132. The quantitative estimate of drug-likeness (QED) is 0.757. The fourth-order valence-electron chi connectivity index (χ4n) is 2.95. The van der Waals surface area contributed by atoms with Gasteiger partial charge in [-0.05, 0) is 19.9 Å². The number of carbonyl (C=O) groups is 2. The van der Waals surface area contributed by atoms with Gasteiger partial charge in [-0.3, -0.25) is 14.5 Å². The molecule has 5 heteroatoms. The number of carbonyl (C=O) groups excluding carboxylic acids is 2. The second kappa shape index (κ2) is 5.69. The molecule has 2 amide bonds. The van der Waals surface area contributed by atoms with E-state index in [-0.39, 0.29) is 23.8 Å². The summed E-state index contributed by atoms with van der Waals surface area (Å²) in [6, 6.07) is -0.200. The SMILES string of the molecule is CNC(=O)[C@@H]1CN(C(=O)C2CCCC2)CCN1C. The van der Waals surface area contributed by atoms with Crippen molar-refractivity contribution in [3.8, 4) is 0 Å². The molecular weight excluding hydrogens is 230 g/mol. The molecule has 0 radical (unpaired) electrons. The molecule has 18 heavy (non-hydrogen) atoms. The van der Waals surface area contributed by atoms with Gasteiger partial charge in [-0.2, -0.15) is 0 Å². The molecule has 1 atom stereocenters. The summed E-state index contributed by atoms with van der Waals surface area (Å²) in [5.41, 5.74) is 0. The number of nitrogens with one attached hydrogen (secondary N) is 1. The lowest BCUT2D eigenvalue weighted by Crippen LogP contribution is -2.59. The smallest absolute Gasteiger partial charge is 0.238 e. The zero-order chi connectivity index (χ0) is 13.1. The van der Waals surface area contributed by atoms with Gasteiger partial charge in [-0.1, -0.05) is 12.8 Å². The summed E-state index contributed by atoms with van der Waals surface area (Å²) in [5, 5.41) is 2.68. The van der Waals surface area contributed by atoms with Crippen LogP contribution in [0.15, 0.2) is 0 Å². The van der Waals surface area contributed by atoms with Gasteiger partial charge in [0.25, 0.3) is 0 Å². The molecule has 102 valence electrons. The highest BCUT2D eigenvalue weighted by atomic mass is 16.2. The van der Waals surface area contributed by atoms with E-state index in [0.29, 0.717) is 6.54 Å². The van der Waals surface area contributed by atoms with E-state index < -0.39 is 0 Å². The van der Waals surface area contributed by atoms with Crippen molar-refractivity contribution >= 4 is 11.8 Å². The van der Waals surface area contributed by atoms with Crippen molar-refractivity contribution in [3.05, 3.63) is 0 Å². The molecule has 5 nitrogen and oxygen atoms in total. The molecule has 0 spiro atoms. The molecule has 0 unspecified atom stereocenters. The summed E-state index contributed by atoms with van der Waals surface area (Å²) in [6.45, 7) is 2.06. The van der Waals surface area contributed by atoms with Crippen LogP contribution in [-0.2, 0) is 9.59 Å². The third kappa shape index (κ3) is 2.66. The first-order chi connectivity index (χ1) is 8.63. The number of piperazine rings is 1. The van der Waals surface area contributed by atoms with Crippen molar-refractivity contribution in [2.75, 3.05) is 33.7 Å². The molecule has 0 bridgehead atoms. The average Bonchev–Trinajstić information content (AvgIpc) is 2.91. The van der Waals surface area contributed by atoms with E-state index in [1.165, 1.54) is 12.8 Å². The van der Waals surface area contributed by atoms with Crippen molar-refractivity contribution < 1.29 is 9.59 Å². The molecule has 0 aromatic carbocycles. The first-order valence-corrected chi connectivity index (χ1v) is 6.84. The van der Waals surface area contributed by atoms with Crippen LogP contribution in [0, 0.1) is 5.92 Å². The van der Waals surface area contributed by atoms with Gasteiger partial charge < -0.3 is 10.2 Å². The van der Waals surface area contributed by atoms with E-state index in [0.717, 1.165) is 25.9 Å². The van der Waals surface area contributed by atoms with Gasteiger partial charge in [0.15, 0.2) is 0 Å². The molecule has 2 rings (SSSR count). The van der Waals surface area contributed by atoms with Gasteiger partial charge in [-0.15, -0.1) is 0 Å². The summed E-state index contributed by atoms with van der Waals surface area (Å²) >= 11 is 0. The highest BCUT2D eigenvalue weighted by Gasteiger charge is 2.34. The highest BCUT2D eigenvalue weighted by molar-refractivity contribution is 5.84. The predicted molar refractivity (Wildman–Crippen MR) is 69.0 cm³/mol. The molecule has 1 N–H and O–H groups in total. The maximum Gasteiger partial charge on any atom is 0.238 e. The van der Waals surface area contributed by atoms with E-state index in [9.17, 15) is 9.59 Å². The van der Waals surface area contributed by atoms with Crippen LogP contribution >= 0.6 is 0 Å². The number of hydrogen-bond donors (Lipinski definition) is 1. The Bertz CT molecular complexity index is 326. The lowest BCUT2D eigenvalue weighted by molar-refractivity contribution is -0.140. The van der Waals surface area contributed by atoms with Crippen LogP contribution in [0.3, 0.4) is 0 Å². The molecule has 1 saturated heterocycles. The zero-order valence-electron chi connectivity index (χ0n) is 11.3. The van der Waals surface area contributed by atoms with Gasteiger partial charge in [0.2, 0.25) is 11.8 Å². The Kier molecular flexibility index (Phi) is 4.22. The maximum atomic E-state index is 12.3. The van der Waals surface area contributed by atoms with Crippen LogP contribution < -0.4 is 5.32 Å². The third-order valence-corrected chi connectivity index (χ3v) is 4.21. The first kappa shape index (κ1) is 13.3. The van der Waals surface area contributed by atoms with Gasteiger partial charge >= 0.3 is 0 Å². The van der Waals surface area contributed by atoms with Crippen LogP contribution in [0.1, 0.15) is 25.7 Å². The molecule has 2 aliphatic rings.